The number of benzene rings is 2. The van der Waals surface area contributed by atoms with Crippen molar-refractivity contribution in [1.29, 1.82) is 0 Å². The number of anilines is 1. The Morgan fingerprint density at radius 1 is 1.24 bits per heavy atom. The molecule has 0 amide bonds. The molecule has 2 aromatic carbocycles. The van der Waals surface area contributed by atoms with E-state index in [0.717, 1.165) is 53.2 Å². The zero-order valence-electron chi connectivity index (χ0n) is 13.5. The molecule has 7 heteroatoms. The van der Waals surface area contributed by atoms with Crippen molar-refractivity contribution in [2.24, 2.45) is 0 Å². The van der Waals surface area contributed by atoms with Crippen molar-refractivity contribution >= 4 is 51.8 Å². The van der Waals surface area contributed by atoms with E-state index in [1.165, 1.54) is 0 Å². The van der Waals surface area contributed by atoms with Crippen LogP contribution in [0.1, 0.15) is 17.5 Å². The van der Waals surface area contributed by atoms with Crippen LogP contribution in [0.3, 0.4) is 0 Å². The van der Waals surface area contributed by atoms with E-state index in [9.17, 15) is 5.11 Å². The fourth-order valence-electron chi connectivity index (χ4n) is 3.50. The predicted molar refractivity (Wildman–Crippen MR) is 104 cm³/mol. The molecule has 130 valence electrons. The minimum Gasteiger partial charge on any atom is -0.392 e. The lowest BCUT2D eigenvalue weighted by atomic mass is 9.97. The van der Waals surface area contributed by atoms with Crippen LogP contribution in [0.15, 0.2) is 18.2 Å². The fraction of sp³-hybridized carbons (Fsp3) is 0.278. The number of imidazole rings is 1. The molecule has 1 aromatic heterocycles. The summed E-state index contributed by atoms with van der Waals surface area (Å²) in [6.45, 7) is 3.56. The lowest BCUT2D eigenvalue weighted by Crippen LogP contribution is -2.17. The first-order chi connectivity index (χ1) is 12.0. The van der Waals surface area contributed by atoms with E-state index >= 15 is 0 Å². The summed E-state index contributed by atoms with van der Waals surface area (Å²) in [5.74, 6) is 0.786. The molecule has 0 saturated heterocycles. The molecule has 0 aliphatic carbocycles. The summed E-state index contributed by atoms with van der Waals surface area (Å²) in [4.78, 5) is 4.66. The molecule has 3 aromatic rings. The number of nitrogens with one attached hydrogen (secondary N) is 1. The molecule has 25 heavy (non-hydrogen) atoms. The van der Waals surface area contributed by atoms with Gasteiger partial charge in [-0.25, -0.2) is 4.98 Å². The Labute approximate surface area is 160 Å². The molecule has 0 bridgehead atoms. The van der Waals surface area contributed by atoms with Gasteiger partial charge < -0.3 is 15.0 Å². The summed E-state index contributed by atoms with van der Waals surface area (Å²) in [6, 6.07) is 5.45. The Balaban J connectivity index is 2.06. The van der Waals surface area contributed by atoms with E-state index in [2.05, 4.69) is 14.9 Å². The van der Waals surface area contributed by atoms with Crippen LogP contribution in [0.5, 0.6) is 0 Å². The third-order valence-corrected chi connectivity index (χ3v) is 5.47. The molecule has 2 heterocycles. The predicted octanol–water partition coefficient (Wildman–Crippen LogP) is 5.28. The van der Waals surface area contributed by atoms with Crippen molar-refractivity contribution in [2.45, 2.75) is 26.5 Å². The van der Waals surface area contributed by atoms with Crippen LogP contribution in [0.4, 0.5) is 5.95 Å². The van der Waals surface area contributed by atoms with Gasteiger partial charge in [0.2, 0.25) is 5.95 Å². The third-order valence-electron chi connectivity index (χ3n) is 4.57. The minimum absolute atomic E-state index is 0.101. The summed E-state index contributed by atoms with van der Waals surface area (Å²) < 4.78 is 2.08. The zero-order valence-corrected chi connectivity index (χ0v) is 15.8. The first-order valence-corrected chi connectivity index (χ1v) is 9.17. The van der Waals surface area contributed by atoms with Crippen molar-refractivity contribution in [3.8, 4) is 11.1 Å². The number of nitrogens with zero attached hydrogens (tertiary/aromatic N) is 2. The highest BCUT2D eigenvalue weighted by Crippen LogP contribution is 2.42. The molecule has 0 atom stereocenters. The van der Waals surface area contributed by atoms with Crippen LogP contribution < -0.4 is 5.32 Å². The number of fused-ring (bicyclic) bond motifs is 3. The highest BCUT2D eigenvalue weighted by molar-refractivity contribution is 6.40. The number of halogens is 3. The summed E-state index contributed by atoms with van der Waals surface area (Å²) >= 11 is 19.3. The number of hydrogen-bond donors (Lipinski definition) is 2. The van der Waals surface area contributed by atoms with Gasteiger partial charge in [-0.15, -0.1) is 0 Å². The summed E-state index contributed by atoms with van der Waals surface area (Å²) in [5.41, 5.74) is 4.82. The normalized spacial score (nSPS) is 13.8. The van der Waals surface area contributed by atoms with Gasteiger partial charge in [-0.05, 0) is 37.1 Å². The highest BCUT2D eigenvalue weighted by atomic mass is 35.5. The average Bonchev–Trinajstić information content (AvgIpc) is 2.96. The average molecular weight is 397 g/mol. The number of aliphatic hydroxyl groups is 1. The summed E-state index contributed by atoms with van der Waals surface area (Å²) in [5, 5.41) is 14.9. The molecule has 0 fully saturated rings. The molecular weight excluding hydrogens is 381 g/mol. The number of rotatable bonds is 2. The molecule has 0 spiro atoms. The van der Waals surface area contributed by atoms with Crippen LogP contribution in [0, 0.1) is 6.92 Å². The quantitative estimate of drug-likeness (QED) is 0.619. The summed E-state index contributed by atoms with van der Waals surface area (Å²) in [7, 11) is 0. The third kappa shape index (κ3) is 2.68. The lowest BCUT2D eigenvalue weighted by molar-refractivity contribution is 0.283. The molecule has 4 rings (SSSR count). The van der Waals surface area contributed by atoms with Crippen molar-refractivity contribution in [1.82, 2.24) is 9.55 Å². The SMILES string of the molecule is Cc1cc(Cl)cc(Cl)c1-c1cc(CO)c2c(nc3n2CCCN3)c1Cl. The molecule has 1 aliphatic heterocycles. The van der Waals surface area contributed by atoms with Crippen molar-refractivity contribution in [3.63, 3.8) is 0 Å². The second-order valence-corrected chi connectivity index (χ2v) is 7.42. The van der Waals surface area contributed by atoms with Gasteiger partial charge in [0.25, 0.3) is 0 Å². The van der Waals surface area contributed by atoms with E-state index in [-0.39, 0.29) is 6.61 Å². The van der Waals surface area contributed by atoms with Crippen molar-refractivity contribution in [2.75, 3.05) is 11.9 Å². The van der Waals surface area contributed by atoms with E-state index < -0.39 is 0 Å². The van der Waals surface area contributed by atoms with Crippen molar-refractivity contribution < 1.29 is 5.11 Å². The first kappa shape index (κ1) is 17.0. The van der Waals surface area contributed by atoms with Crippen molar-refractivity contribution in [3.05, 3.63) is 44.4 Å². The zero-order chi connectivity index (χ0) is 17.7. The Kier molecular flexibility index (Phi) is 4.32. The van der Waals surface area contributed by atoms with Crippen LogP contribution in [0.25, 0.3) is 22.2 Å². The summed E-state index contributed by atoms with van der Waals surface area (Å²) in [6.07, 6.45) is 1.00. The fourth-order valence-corrected chi connectivity index (χ4v) is 4.48. The Morgan fingerprint density at radius 3 is 2.76 bits per heavy atom. The smallest absolute Gasteiger partial charge is 0.203 e. The monoisotopic (exact) mass is 395 g/mol. The van der Waals surface area contributed by atoms with Crippen LogP contribution >= 0.6 is 34.8 Å². The van der Waals surface area contributed by atoms with Crippen LogP contribution in [0.2, 0.25) is 15.1 Å². The largest absolute Gasteiger partial charge is 0.392 e. The van der Waals surface area contributed by atoms with Gasteiger partial charge in [0.05, 0.1) is 22.2 Å². The van der Waals surface area contributed by atoms with Gasteiger partial charge in [-0.3, -0.25) is 0 Å². The maximum absolute atomic E-state index is 9.94. The van der Waals surface area contributed by atoms with Gasteiger partial charge in [-0.1, -0.05) is 34.8 Å². The molecule has 0 unspecified atom stereocenters. The van der Waals surface area contributed by atoms with Crippen LogP contribution in [-0.2, 0) is 13.2 Å². The Morgan fingerprint density at radius 2 is 2.04 bits per heavy atom. The van der Waals surface area contributed by atoms with Gasteiger partial charge in [0, 0.05) is 34.8 Å². The number of aliphatic hydroxyl groups excluding tert-OH is 1. The molecule has 1 aliphatic rings. The van der Waals surface area contributed by atoms with Gasteiger partial charge in [0.1, 0.15) is 5.52 Å². The Bertz CT molecular complexity index is 974. The number of hydrogen-bond acceptors (Lipinski definition) is 3. The van der Waals surface area contributed by atoms with Gasteiger partial charge >= 0.3 is 0 Å². The highest BCUT2D eigenvalue weighted by Gasteiger charge is 2.23. The lowest BCUT2D eigenvalue weighted by Gasteiger charge is -2.18. The number of aromatic nitrogens is 2. The molecule has 0 radical (unpaired) electrons. The van der Waals surface area contributed by atoms with E-state index in [4.69, 9.17) is 34.8 Å². The van der Waals surface area contributed by atoms with Gasteiger partial charge in [0.15, 0.2) is 0 Å². The second kappa shape index (κ2) is 6.36. The second-order valence-electron chi connectivity index (χ2n) is 6.20. The maximum Gasteiger partial charge on any atom is 0.203 e. The molecular formula is C18H16Cl3N3O. The molecule has 0 saturated carbocycles. The molecule has 4 nitrogen and oxygen atoms in total. The molecule has 2 N–H and O–H groups in total. The maximum atomic E-state index is 9.94. The first-order valence-electron chi connectivity index (χ1n) is 8.03. The standard InChI is InChI=1S/C18H16Cl3N3O/c1-9-5-11(19)7-13(20)14(9)12-6-10(8-25)17-16(15(12)21)23-18-22-3-2-4-24(17)18/h5-7,25H,2-4,8H2,1H3,(H,22,23). The van der Waals surface area contributed by atoms with Crippen LogP contribution in [-0.4, -0.2) is 21.2 Å². The van der Waals surface area contributed by atoms with E-state index in [0.29, 0.717) is 20.6 Å². The van der Waals surface area contributed by atoms with Gasteiger partial charge in [-0.2, -0.15) is 0 Å². The number of aryl methyl sites for hydroxylation is 2. The van der Waals surface area contributed by atoms with E-state index in [1.54, 1.807) is 6.07 Å². The Hall–Kier alpha value is -1.46. The minimum atomic E-state index is -0.101. The van der Waals surface area contributed by atoms with E-state index in [1.807, 2.05) is 19.1 Å². The topological polar surface area (TPSA) is 50.1 Å².